The van der Waals surface area contributed by atoms with Gasteiger partial charge >= 0.3 is 5.97 Å². The minimum absolute atomic E-state index is 0.135. The summed E-state index contributed by atoms with van der Waals surface area (Å²) in [5.41, 5.74) is 4.45. The first kappa shape index (κ1) is 17.4. The van der Waals surface area contributed by atoms with Gasteiger partial charge in [-0.05, 0) is 54.5 Å². The Balaban J connectivity index is 2.00. The van der Waals surface area contributed by atoms with Crippen LogP contribution in [0.2, 0.25) is 0 Å². The Morgan fingerprint density at radius 2 is 1.76 bits per heavy atom. The van der Waals surface area contributed by atoms with Crippen molar-refractivity contribution in [3.05, 3.63) is 62.2 Å². The molecule has 4 nitrogen and oxygen atoms in total. The van der Waals surface area contributed by atoms with Crippen molar-refractivity contribution >= 4 is 40.2 Å². The van der Waals surface area contributed by atoms with Crippen LogP contribution < -0.4 is 5.32 Å². The van der Waals surface area contributed by atoms with Crippen LogP contribution in [0.3, 0.4) is 0 Å². The lowest BCUT2D eigenvalue weighted by molar-refractivity contribution is 0.0699. The van der Waals surface area contributed by atoms with Crippen molar-refractivity contribution in [1.82, 2.24) is 0 Å². The molecule has 0 saturated carbocycles. The lowest BCUT2D eigenvalue weighted by atomic mass is 10.0. The number of carbonyl (C=O) groups excluding carboxylic acids is 1. The molecular weight excluding hydrogens is 354 g/mol. The molecule has 0 aliphatic carbocycles. The Labute approximate surface area is 153 Å². The molecule has 1 amide bonds. The number of carboxylic acids is 1. The van der Waals surface area contributed by atoms with Crippen molar-refractivity contribution in [1.29, 1.82) is 0 Å². The first-order chi connectivity index (χ1) is 11.9. The van der Waals surface area contributed by atoms with E-state index in [1.54, 1.807) is 5.38 Å². The molecule has 6 heteroatoms. The number of hydrogen-bond acceptors (Lipinski definition) is 4. The summed E-state index contributed by atoms with van der Waals surface area (Å²) < 4.78 is 0. The number of aryl methyl sites for hydroxylation is 3. The molecule has 2 aromatic heterocycles. The fraction of sp³-hybridized carbons (Fsp3) is 0.158. The molecule has 1 aromatic carbocycles. The molecule has 0 saturated heterocycles. The van der Waals surface area contributed by atoms with Crippen LogP contribution in [0.4, 0.5) is 5.69 Å². The number of hydrogen-bond donors (Lipinski definition) is 2. The van der Waals surface area contributed by atoms with Gasteiger partial charge in [-0.1, -0.05) is 18.2 Å². The molecule has 3 aromatic rings. The predicted molar refractivity (Wildman–Crippen MR) is 103 cm³/mol. The standard InChI is InChI=1S/C19H17NO3S2/c1-10-4-5-13(8-12(10)3)17-15(19(22)23)14(9-25-17)20-18(21)16-11(2)6-7-24-16/h4-9H,1-3H3,(H,20,21)(H,22,23). The normalized spacial score (nSPS) is 10.7. The summed E-state index contributed by atoms with van der Waals surface area (Å²) in [6.45, 7) is 5.87. The number of amides is 1. The third-order valence-corrected chi connectivity index (χ3v) is 6.13. The Morgan fingerprint density at radius 1 is 1.00 bits per heavy atom. The molecule has 25 heavy (non-hydrogen) atoms. The van der Waals surface area contributed by atoms with Crippen LogP contribution in [0, 0.1) is 20.8 Å². The molecule has 0 fully saturated rings. The Kier molecular flexibility index (Phi) is 4.74. The van der Waals surface area contributed by atoms with E-state index >= 15 is 0 Å². The van der Waals surface area contributed by atoms with Gasteiger partial charge < -0.3 is 10.4 Å². The van der Waals surface area contributed by atoms with E-state index in [2.05, 4.69) is 5.32 Å². The second kappa shape index (κ2) is 6.82. The number of thiophene rings is 2. The molecule has 0 radical (unpaired) electrons. The van der Waals surface area contributed by atoms with Gasteiger partial charge in [0, 0.05) is 5.38 Å². The van der Waals surface area contributed by atoms with Crippen LogP contribution >= 0.6 is 22.7 Å². The third-order valence-electron chi connectivity index (χ3n) is 4.09. The summed E-state index contributed by atoms with van der Waals surface area (Å²) in [5.74, 6) is -1.33. The Bertz CT molecular complexity index is 969. The number of carbonyl (C=O) groups is 2. The molecule has 0 spiro atoms. The van der Waals surface area contributed by atoms with E-state index in [9.17, 15) is 14.7 Å². The minimum atomic E-state index is -1.05. The molecule has 3 rings (SSSR count). The van der Waals surface area contributed by atoms with Gasteiger partial charge in [-0.15, -0.1) is 22.7 Å². The third kappa shape index (κ3) is 3.36. The fourth-order valence-electron chi connectivity index (χ4n) is 2.54. The highest BCUT2D eigenvalue weighted by molar-refractivity contribution is 7.14. The molecule has 0 aliphatic rings. The monoisotopic (exact) mass is 371 g/mol. The lowest BCUT2D eigenvalue weighted by Gasteiger charge is -2.07. The minimum Gasteiger partial charge on any atom is -0.478 e. The van der Waals surface area contributed by atoms with E-state index in [-0.39, 0.29) is 11.5 Å². The summed E-state index contributed by atoms with van der Waals surface area (Å²) in [4.78, 5) is 25.5. The lowest BCUT2D eigenvalue weighted by Crippen LogP contribution is -2.13. The van der Waals surface area contributed by atoms with Crippen LogP contribution in [-0.2, 0) is 0 Å². The highest BCUT2D eigenvalue weighted by Crippen LogP contribution is 2.37. The van der Waals surface area contributed by atoms with Crippen LogP contribution in [-0.4, -0.2) is 17.0 Å². The molecule has 0 atom stereocenters. The van der Waals surface area contributed by atoms with E-state index in [0.29, 0.717) is 15.4 Å². The zero-order valence-corrected chi connectivity index (χ0v) is 15.7. The largest absolute Gasteiger partial charge is 0.478 e. The first-order valence-electron chi connectivity index (χ1n) is 7.66. The summed E-state index contributed by atoms with van der Waals surface area (Å²) in [6.07, 6.45) is 0. The fourth-order valence-corrected chi connectivity index (χ4v) is 4.35. The van der Waals surface area contributed by atoms with Gasteiger partial charge in [-0.2, -0.15) is 0 Å². The van der Waals surface area contributed by atoms with Crippen molar-refractivity contribution < 1.29 is 14.7 Å². The SMILES string of the molecule is Cc1ccc(-c2scc(NC(=O)c3sccc3C)c2C(=O)O)cc1C. The quantitative estimate of drug-likeness (QED) is 0.649. The molecule has 128 valence electrons. The highest BCUT2D eigenvalue weighted by Gasteiger charge is 2.22. The zero-order valence-electron chi connectivity index (χ0n) is 14.0. The molecular formula is C19H17NO3S2. The van der Waals surface area contributed by atoms with Gasteiger partial charge in [0.1, 0.15) is 5.56 Å². The molecule has 0 aliphatic heterocycles. The predicted octanol–water partition coefficient (Wildman–Crippen LogP) is 5.35. The number of carboxylic acid groups (broad SMARTS) is 1. The van der Waals surface area contributed by atoms with Crippen molar-refractivity contribution in [3.8, 4) is 10.4 Å². The number of benzene rings is 1. The summed E-state index contributed by atoms with van der Waals surface area (Å²) >= 11 is 2.67. The smallest absolute Gasteiger partial charge is 0.339 e. The van der Waals surface area contributed by atoms with Crippen molar-refractivity contribution in [3.63, 3.8) is 0 Å². The van der Waals surface area contributed by atoms with Crippen LogP contribution in [0.5, 0.6) is 0 Å². The Morgan fingerprint density at radius 3 is 2.36 bits per heavy atom. The topological polar surface area (TPSA) is 66.4 Å². The maximum Gasteiger partial charge on any atom is 0.339 e. The second-order valence-electron chi connectivity index (χ2n) is 5.84. The van der Waals surface area contributed by atoms with E-state index in [1.807, 2.05) is 50.4 Å². The highest BCUT2D eigenvalue weighted by atomic mass is 32.1. The Hall–Kier alpha value is -2.44. The zero-order chi connectivity index (χ0) is 18.1. The molecule has 0 bridgehead atoms. The maximum absolute atomic E-state index is 12.4. The van der Waals surface area contributed by atoms with Gasteiger partial charge in [0.15, 0.2) is 0 Å². The summed E-state index contributed by atoms with van der Waals surface area (Å²) in [6, 6.07) is 7.73. The van der Waals surface area contributed by atoms with Crippen molar-refractivity contribution in [2.24, 2.45) is 0 Å². The van der Waals surface area contributed by atoms with E-state index < -0.39 is 5.97 Å². The van der Waals surface area contributed by atoms with Crippen molar-refractivity contribution in [2.45, 2.75) is 20.8 Å². The summed E-state index contributed by atoms with van der Waals surface area (Å²) in [7, 11) is 0. The van der Waals surface area contributed by atoms with Crippen LogP contribution in [0.25, 0.3) is 10.4 Å². The average molecular weight is 371 g/mol. The first-order valence-corrected chi connectivity index (χ1v) is 9.42. The maximum atomic E-state index is 12.4. The number of aromatic carboxylic acids is 1. The number of anilines is 1. The van der Waals surface area contributed by atoms with Gasteiger partial charge in [0.05, 0.1) is 15.4 Å². The average Bonchev–Trinajstić information content (AvgIpc) is 3.16. The van der Waals surface area contributed by atoms with Crippen LogP contribution in [0.1, 0.15) is 36.7 Å². The molecule has 2 N–H and O–H groups in total. The van der Waals surface area contributed by atoms with E-state index in [1.165, 1.54) is 22.7 Å². The molecule has 0 unspecified atom stereocenters. The van der Waals surface area contributed by atoms with Gasteiger partial charge in [0.2, 0.25) is 0 Å². The number of rotatable bonds is 4. The van der Waals surface area contributed by atoms with Crippen LogP contribution in [0.15, 0.2) is 35.0 Å². The van der Waals surface area contributed by atoms with Gasteiger partial charge in [-0.25, -0.2) is 4.79 Å². The van der Waals surface area contributed by atoms with Gasteiger partial charge in [-0.3, -0.25) is 4.79 Å². The molecule has 2 heterocycles. The second-order valence-corrected chi connectivity index (χ2v) is 7.64. The summed E-state index contributed by atoms with van der Waals surface area (Å²) in [5, 5.41) is 16.0. The van der Waals surface area contributed by atoms with Crippen molar-refractivity contribution in [2.75, 3.05) is 5.32 Å². The van der Waals surface area contributed by atoms with Gasteiger partial charge in [0.25, 0.3) is 5.91 Å². The van der Waals surface area contributed by atoms with E-state index in [0.717, 1.165) is 22.3 Å². The number of nitrogens with one attached hydrogen (secondary N) is 1. The van der Waals surface area contributed by atoms with E-state index in [4.69, 9.17) is 0 Å².